The minimum atomic E-state index is -1.06. The molecule has 1 atom stereocenters. The second-order valence-electron chi connectivity index (χ2n) is 9.46. The van der Waals surface area contributed by atoms with E-state index in [0.717, 1.165) is 23.3 Å². The summed E-state index contributed by atoms with van der Waals surface area (Å²) < 4.78 is 22.9. The van der Waals surface area contributed by atoms with E-state index in [9.17, 15) is 4.79 Å². The molecule has 0 amide bonds. The van der Waals surface area contributed by atoms with Gasteiger partial charge in [0.1, 0.15) is 17.2 Å². The van der Waals surface area contributed by atoms with E-state index >= 15 is 0 Å². The van der Waals surface area contributed by atoms with Crippen LogP contribution in [0.2, 0.25) is 0 Å². The first kappa shape index (κ1) is 26.1. The Morgan fingerprint density at radius 1 is 0.784 bits per heavy atom. The standard InChI is InChI=1S/C32H34O5/c1-5-34-31(33)32(3,4)37-29-17-15-28(16-18-29)35-20-19-23(2)36-30-14-13-25-11-12-26(21-27(25)22-30)24-9-7-6-8-10-24/h6-18,21-23H,5,19-20H2,1-4H3. The minimum Gasteiger partial charge on any atom is -0.493 e. The van der Waals surface area contributed by atoms with E-state index < -0.39 is 11.6 Å². The molecule has 0 fully saturated rings. The van der Waals surface area contributed by atoms with Crippen molar-refractivity contribution in [2.45, 2.75) is 45.8 Å². The highest BCUT2D eigenvalue weighted by Crippen LogP contribution is 2.28. The van der Waals surface area contributed by atoms with Gasteiger partial charge in [0.15, 0.2) is 5.60 Å². The van der Waals surface area contributed by atoms with Gasteiger partial charge in [-0.25, -0.2) is 4.79 Å². The maximum Gasteiger partial charge on any atom is 0.349 e. The van der Waals surface area contributed by atoms with Gasteiger partial charge in [-0.3, -0.25) is 0 Å². The topological polar surface area (TPSA) is 54.0 Å². The van der Waals surface area contributed by atoms with Crippen LogP contribution in [0.5, 0.6) is 17.2 Å². The van der Waals surface area contributed by atoms with Crippen molar-refractivity contribution >= 4 is 16.7 Å². The van der Waals surface area contributed by atoms with Gasteiger partial charge in [-0.15, -0.1) is 0 Å². The molecule has 5 heteroatoms. The van der Waals surface area contributed by atoms with Crippen molar-refractivity contribution in [2.75, 3.05) is 13.2 Å². The van der Waals surface area contributed by atoms with Crippen LogP contribution in [-0.2, 0) is 9.53 Å². The molecule has 4 rings (SSSR count). The molecule has 4 aromatic rings. The maximum absolute atomic E-state index is 12.0. The molecule has 0 spiro atoms. The lowest BCUT2D eigenvalue weighted by molar-refractivity contribution is -0.158. The third-order valence-electron chi connectivity index (χ3n) is 6.01. The van der Waals surface area contributed by atoms with Crippen LogP contribution in [0, 0.1) is 0 Å². The molecule has 0 saturated heterocycles. The van der Waals surface area contributed by atoms with Gasteiger partial charge < -0.3 is 18.9 Å². The Labute approximate surface area is 218 Å². The van der Waals surface area contributed by atoms with Crippen LogP contribution in [0.15, 0.2) is 91.0 Å². The first-order valence-electron chi connectivity index (χ1n) is 12.7. The summed E-state index contributed by atoms with van der Waals surface area (Å²) in [7, 11) is 0. The highest BCUT2D eigenvalue weighted by atomic mass is 16.6. The molecule has 192 valence electrons. The molecular weight excluding hydrogens is 464 g/mol. The van der Waals surface area contributed by atoms with E-state index in [2.05, 4.69) is 54.6 Å². The smallest absolute Gasteiger partial charge is 0.349 e. The highest BCUT2D eigenvalue weighted by molar-refractivity contribution is 5.88. The molecule has 4 aromatic carbocycles. The molecule has 0 heterocycles. The largest absolute Gasteiger partial charge is 0.493 e. The number of esters is 1. The van der Waals surface area contributed by atoms with Crippen LogP contribution >= 0.6 is 0 Å². The van der Waals surface area contributed by atoms with E-state index in [1.54, 1.807) is 32.9 Å². The summed E-state index contributed by atoms with van der Waals surface area (Å²) >= 11 is 0. The van der Waals surface area contributed by atoms with Crippen LogP contribution in [0.25, 0.3) is 21.9 Å². The van der Waals surface area contributed by atoms with Gasteiger partial charge in [0, 0.05) is 6.42 Å². The Morgan fingerprint density at radius 3 is 2.19 bits per heavy atom. The number of hydrogen-bond acceptors (Lipinski definition) is 5. The molecule has 0 radical (unpaired) electrons. The third kappa shape index (κ3) is 7.04. The van der Waals surface area contributed by atoms with Gasteiger partial charge in [0.05, 0.1) is 19.3 Å². The number of rotatable bonds is 11. The van der Waals surface area contributed by atoms with Crippen molar-refractivity contribution in [1.29, 1.82) is 0 Å². The lowest BCUT2D eigenvalue weighted by Gasteiger charge is -2.24. The lowest BCUT2D eigenvalue weighted by atomic mass is 10.0. The molecule has 1 unspecified atom stereocenters. The summed E-state index contributed by atoms with van der Waals surface area (Å²) in [5.41, 5.74) is 1.33. The van der Waals surface area contributed by atoms with Crippen LogP contribution in [0.4, 0.5) is 0 Å². The fourth-order valence-corrected chi connectivity index (χ4v) is 3.99. The van der Waals surface area contributed by atoms with Gasteiger partial charge in [-0.1, -0.05) is 48.5 Å². The molecule has 5 nitrogen and oxygen atoms in total. The van der Waals surface area contributed by atoms with Crippen LogP contribution < -0.4 is 14.2 Å². The number of carbonyl (C=O) groups excluding carboxylic acids is 1. The molecule has 0 aliphatic rings. The summed E-state index contributed by atoms with van der Waals surface area (Å²) in [4.78, 5) is 12.0. The molecule has 0 bridgehead atoms. The van der Waals surface area contributed by atoms with Gasteiger partial charge in [-0.05, 0) is 92.1 Å². The average molecular weight is 499 g/mol. The van der Waals surface area contributed by atoms with Gasteiger partial charge in [0.25, 0.3) is 0 Å². The Bertz CT molecular complexity index is 1310. The Morgan fingerprint density at radius 2 is 1.46 bits per heavy atom. The number of benzene rings is 4. The van der Waals surface area contributed by atoms with Crippen molar-refractivity contribution in [1.82, 2.24) is 0 Å². The predicted molar refractivity (Wildman–Crippen MR) is 147 cm³/mol. The second-order valence-corrected chi connectivity index (χ2v) is 9.46. The van der Waals surface area contributed by atoms with Gasteiger partial charge in [-0.2, -0.15) is 0 Å². The zero-order valence-electron chi connectivity index (χ0n) is 21.9. The monoisotopic (exact) mass is 498 g/mol. The number of hydrogen-bond donors (Lipinski definition) is 0. The molecule has 0 saturated carbocycles. The molecule has 0 aromatic heterocycles. The quantitative estimate of drug-likeness (QED) is 0.201. The normalized spacial score (nSPS) is 12.1. The summed E-state index contributed by atoms with van der Waals surface area (Å²) in [5, 5.41) is 2.33. The van der Waals surface area contributed by atoms with E-state index in [1.807, 2.05) is 31.2 Å². The molecule has 0 aliphatic heterocycles. The van der Waals surface area contributed by atoms with E-state index in [4.69, 9.17) is 18.9 Å². The predicted octanol–water partition coefficient (Wildman–Crippen LogP) is 7.46. The fraction of sp³-hybridized carbons (Fsp3) is 0.281. The van der Waals surface area contributed by atoms with Crippen molar-refractivity contribution in [3.8, 4) is 28.4 Å². The van der Waals surface area contributed by atoms with E-state index in [0.29, 0.717) is 19.0 Å². The van der Waals surface area contributed by atoms with E-state index in [1.165, 1.54) is 16.5 Å². The van der Waals surface area contributed by atoms with Crippen LogP contribution in [0.1, 0.15) is 34.1 Å². The van der Waals surface area contributed by atoms with Crippen LogP contribution in [0.3, 0.4) is 0 Å². The Kier molecular flexibility index (Phi) is 8.34. The summed E-state index contributed by atoms with van der Waals surface area (Å²) in [6, 6.07) is 30.3. The Balaban J connectivity index is 1.29. The number of ether oxygens (including phenoxy) is 4. The van der Waals surface area contributed by atoms with Crippen molar-refractivity contribution in [2.24, 2.45) is 0 Å². The fourth-order valence-electron chi connectivity index (χ4n) is 3.99. The zero-order valence-corrected chi connectivity index (χ0v) is 21.9. The average Bonchev–Trinajstić information content (AvgIpc) is 2.90. The van der Waals surface area contributed by atoms with Gasteiger partial charge >= 0.3 is 5.97 Å². The number of fused-ring (bicyclic) bond motifs is 1. The van der Waals surface area contributed by atoms with Gasteiger partial charge in [0.2, 0.25) is 0 Å². The molecule has 0 N–H and O–H groups in total. The van der Waals surface area contributed by atoms with Crippen LogP contribution in [-0.4, -0.2) is 30.9 Å². The maximum atomic E-state index is 12.0. The lowest BCUT2D eigenvalue weighted by Crippen LogP contribution is -2.39. The number of carbonyl (C=O) groups is 1. The summed E-state index contributed by atoms with van der Waals surface area (Å²) in [6.07, 6.45) is 0.721. The highest BCUT2D eigenvalue weighted by Gasteiger charge is 2.31. The van der Waals surface area contributed by atoms with Crippen molar-refractivity contribution in [3.63, 3.8) is 0 Å². The van der Waals surface area contributed by atoms with E-state index in [-0.39, 0.29) is 6.10 Å². The SMILES string of the molecule is CCOC(=O)C(C)(C)Oc1ccc(OCCC(C)Oc2ccc3ccc(-c4ccccc4)cc3c2)cc1. The Hall–Kier alpha value is -3.99. The zero-order chi connectivity index (χ0) is 26.3. The molecular formula is C32H34O5. The summed E-state index contributed by atoms with van der Waals surface area (Å²) in [5.74, 6) is 1.75. The van der Waals surface area contributed by atoms with Crippen molar-refractivity contribution in [3.05, 3.63) is 91.0 Å². The molecule has 0 aliphatic carbocycles. The minimum absolute atomic E-state index is 0.0114. The molecule has 37 heavy (non-hydrogen) atoms. The third-order valence-corrected chi connectivity index (χ3v) is 6.01. The summed E-state index contributed by atoms with van der Waals surface area (Å²) in [6.45, 7) is 8.03. The first-order chi connectivity index (χ1) is 17.8. The second kappa shape index (κ2) is 11.8. The first-order valence-corrected chi connectivity index (χ1v) is 12.7. The van der Waals surface area contributed by atoms with Crippen molar-refractivity contribution < 1.29 is 23.7 Å².